The molecule has 1 heterocycles. The van der Waals surface area contributed by atoms with Gasteiger partial charge in [-0.2, -0.15) is 0 Å². The molecule has 0 saturated carbocycles. The summed E-state index contributed by atoms with van der Waals surface area (Å²) >= 11 is 0. The van der Waals surface area contributed by atoms with Crippen LogP contribution in [0.5, 0.6) is 5.75 Å². The Morgan fingerprint density at radius 1 is 1.12 bits per heavy atom. The van der Waals surface area contributed by atoms with Crippen LogP contribution in [0.2, 0.25) is 0 Å². The second-order valence-electron chi connectivity index (χ2n) is 3.60. The Balaban J connectivity index is 2.27. The van der Waals surface area contributed by atoms with Crippen molar-refractivity contribution in [2.75, 3.05) is 7.11 Å². The minimum atomic E-state index is -0.139. The molecule has 2 rings (SSSR count). The SMILES string of the molecule is COc1ccc(C(=O)c2cnc(C)cn2)cc1. The zero-order valence-corrected chi connectivity index (χ0v) is 9.68. The number of methoxy groups -OCH3 is 1. The highest BCUT2D eigenvalue weighted by Gasteiger charge is 2.10. The van der Waals surface area contributed by atoms with E-state index < -0.39 is 0 Å². The number of aromatic nitrogens is 2. The highest BCUT2D eigenvalue weighted by atomic mass is 16.5. The van der Waals surface area contributed by atoms with E-state index in [1.165, 1.54) is 6.20 Å². The van der Waals surface area contributed by atoms with Gasteiger partial charge < -0.3 is 4.74 Å². The smallest absolute Gasteiger partial charge is 0.212 e. The average molecular weight is 228 g/mol. The van der Waals surface area contributed by atoms with Gasteiger partial charge in [-0.25, -0.2) is 4.98 Å². The number of benzene rings is 1. The van der Waals surface area contributed by atoms with Crippen LogP contribution in [0.1, 0.15) is 21.7 Å². The minimum absolute atomic E-state index is 0.139. The summed E-state index contributed by atoms with van der Waals surface area (Å²) in [6.07, 6.45) is 3.07. The van der Waals surface area contributed by atoms with E-state index in [2.05, 4.69) is 9.97 Å². The lowest BCUT2D eigenvalue weighted by Gasteiger charge is -2.02. The van der Waals surface area contributed by atoms with E-state index in [0.29, 0.717) is 11.3 Å². The zero-order valence-electron chi connectivity index (χ0n) is 9.68. The van der Waals surface area contributed by atoms with Crippen LogP contribution >= 0.6 is 0 Å². The molecule has 0 aliphatic rings. The van der Waals surface area contributed by atoms with Gasteiger partial charge in [0.05, 0.1) is 19.0 Å². The van der Waals surface area contributed by atoms with Gasteiger partial charge >= 0.3 is 0 Å². The lowest BCUT2D eigenvalue weighted by atomic mass is 10.1. The van der Waals surface area contributed by atoms with E-state index >= 15 is 0 Å². The molecular formula is C13H12N2O2. The van der Waals surface area contributed by atoms with Gasteiger partial charge in [0, 0.05) is 11.8 Å². The van der Waals surface area contributed by atoms with Crippen molar-refractivity contribution in [1.29, 1.82) is 0 Å². The summed E-state index contributed by atoms with van der Waals surface area (Å²) in [6.45, 7) is 1.83. The number of aryl methyl sites for hydroxylation is 1. The largest absolute Gasteiger partial charge is 0.497 e. The molecule has 0 spiro atoms. The average Bonchev–Trinajstić information content (AvgIpc) is 2.39. The van der Waals surface area contributed by atoms with Crippen molar-refractivity contribution < 1.29 is 9.53 Å². The molecule has 0 saturated heterocycles. The summed E-state index contributed by atoms with van der Waals surface area (Å²) in [4.78, 5) is 20.1. The summed E-state index contributed by atoms with van der Waals surface area (Å²) in [5.41, 5.74) is 1.71. The Labute approximate surface area is 99.3 Å². The highest BCUT2D eigenvalue weighted by Crippen LogP contribution is 2.13. The lowest BCUT2D eigenvalue weighted by molar-refractivity contribution is 0.103. The van der Waals surface area contributed by atoms with Gasteiger partial charge in [-0.15, -0.1) is 0 Å². The Morgan fingerprint density at radius 3 is 2.35 bits per heavy atom. The van der Waals surface area contributed by atoms with E-state index in [0.717, 1.165) is 11.4 Å². The first-order chi connectivity index (χ1) is 8.20. The van der Waals surface area contributed by atoms with Crippen molar-refractivity contribution >= 4 is 5.78 Å². The number of nitrogens with zero attached hydrogens (tertiary/aromatic N) is 2. The van der Waals surface area contributed by atoms with Crippen molar-refractivity contribution in [3.63, 3.8) is 0 Å². The summed E-state index contributed by atoms with van der Waals surface area (Å²) < 4.78 is 5.03. The number of carbonyl (C=O) groups is 1. The van der Waals surface area contributed by atoms with Crippen LogP contribution in [-0.2, 0) is 0 Å². The summed E-state index contributed by atoms with van der Waals surface area (Å²) in [6, 6.07) is 6.91. The standard InChI is InChI=1S/C13H12N2O2/c1-9-7-15-12(8-14-9)13(16)10-3-5-11(17-2)6-4-10/h3-8H,1-2H3. The second kappa shape index (κ2) is 4.74. The molecule has 0 amide bonds. The molecule has 17 heavy (non-hydrogen) atoms. The van der Waals surface area contributed by atoms with Gasteiger partial charge in [-0.05, 0) is 31.2 Å². The van der Waals surface area contributed by atoms with Crippen LogP contribution in [-0.4, -0.2) is 22.9 Å². The van der Waals surface area contributed by atoms with E-state index in [1.807, 2.05) is 6.92 Å². The highest BCUT2D eigenvalue weighted by molar-refractivity contribution is 6.07. The first-order valence-electron chi connectivity index (χ1n) is 5.18. The number of ketones is 1. The summed E-state index contributed by atoms with van der Waals surface area (Å²) in [5.74, 6) is 0.580. The quantitative estimate of drug-likeness (QED) is 0.754. The molecule has 0 fully saturated rings. The number of hydrogen-bond donors (Lipinski definition) is 0. The molecule has 4 heteroatoms. The van der Waals surface area contributed by atoms with E-state index in [1.54, 1.807) is 37.6 Å². The molecule has 1 aromatic heterocycles. The normalized spacial score (nSPS) is 10.0. The molecule has 0 N–H and O–H groups in total. The fourth-order valence-electron chi connectivity index (χ4n) is 1.40. The molecular weight excluding hydrogens is 216 g/mol. The Kier molecular flexibility index (Phi) is 3.14. The van der Waals surface area contributed by atoms with Crippen LogP contribution in [0.4, 0.5) is 0 Å². The molecule has 1 aromatic carbocycles. The summed E-state index contributed by atoms with van der Waals surface area (Å²) in [7, 11) is 1.59. The van der Waals surface area contributed by atoms with Crippen molar-refractivity contribution in [3.8, 4) is 5.75 Å². The van der Waals surface area contributed by atoms with Crippen LogP contribution < -0.4 is 4.74 Å². The maximum atomic E-state index is 12.0. The number of ether oxygens (including phenoxy) is 1. The number of carbonyl (C=O) groups excluding carboxylic acids is 1. The van der Waals surface area contributed by atoms with Crippen LogP contribution in [0.3, 0.4) is 0 Å². The molecule has 0 bridgehead atoms. The van der Waals surface area contributed by atoms with Gasteiger partial charge in [-0.1, -0.05) is 0 Å². The van der Waals surface area contributed by atoms with Crippen LogP contribution in [0.15, 0.2) is 36.7 Å². The third-order valence-electron chi connectivity index (χ3n) is 2.37. The first-order valence-corrected chi connectivity index (χ1v) is 5.18. The van der Waals surface area contributed by atoms with Gasteiger partial charge in [0.2, 0.25) is 5.78 Å². The number of rotatable bonds is 3. The first kappa shape index (κ1) is 11.3. The second-order valence-corrected chi connectivity index (χ2v) is 3.60. The van der Waals surface area contributed by atoms with Gasteiger partial charge in [0.15, 0.2) is 0 Å². The molecule has 2 aromatic rings. The molecule has 0 radical (unpaired) electrons. The van der Waals surface area contributed by atoms with Crippen molar-refractivity contribution in [3.05, 3.63) is 53.6 Å². The topological polar surface area (TPSA) is 52.1 Å². The fourth-order valence-corrected chi connectivity index (χ4v) is 1.40. The fraction of sp³-hybridized carbons (Fsp3) is 0.154. The molecule has 86 valence electrons. The molecule has 0 aliphatic heterocycles. The van der Waals surface area contributed by atoms with Crippen molar-refractivity contribution in [2.45, 2.75) is 6.92 Å². The molecule has 0 aliphatic carbocycles. The predicted octanol–water partition coefficient (Wildman–Crippen LogP) is 2.02. The van der Waals surface area contributed by atoms with E-state index in [-0.39, 0.29) is 5.78 Å². The Hall–Kier alpha value is -2.23. The van der Waals surface area contributed by atoms with Gasteiger partial charge in [-0.3, -0.25) is 9.78 Å². The number of hydrogen-bond acceptors (Lipinski definition) is 4. The molecule has 0 unspecified atom stereocenters. The van der Waals surface area contributed by atoms with Crippen molar-refractivity contribution in [1.82, 2.24) is 9.97 Å². The van der Waals surface area contributed by atoms with E-state index in [4.69, 9.17) is 4.74 Å². The zero-order chi connectivity index (χ0) is 12.3. The molecule has 4 nitrogen and oxygen atoms in total. The van der Waals surface area contributed by atoms with Crippen molar-refractivity contribution in [2.24, 2.45) is 0 Å². The van der Waals surface area contributed by atoms with Gasteiger partial charge in [0.1, 0.15) is 11.4 Å². The lowest BCUT2D eigenvalue weighted by Crippen LogP contribution is -2.04. The maximum absolute atomic E-state index is 12.0. The Morgan fingerprint density at radius 2 is 1.82 bits per heavy atom. The third kappa shape index (κ3) is 2.47. The maximum Gasteiger partial charge on any atom is 0.212 e. The van der Waals surface area contributed by atoms with Crippen LogP contribution in [0, 0.1) is 6.92 Å². The minimum Gasteiger partial charge on any atom is -0.497 e. The third-order valence-corrected chi connectivity index (χ3v) is 2.37. The van der Waals surface area contributed by atoms with Gasteiger partial charge in [0.25, 0.3) is 0 Å². The summed E-state index contributed by atoms with van der Waals surface area (Å²) in [5, 5.41) is 0. The predicted molar refractivity (Wildman–Crippen MR) is 63.2 cm³/mol. The van der Waals surface area contributed by atoms with E-state index in [9.17, 15) is 4.79 Å². The van der Waals surface area contributed by atoms with Crippen LogP contribution in [0.25, 0.3) is 0 Å². The monoisotopic (exact) mass is 228 g/mol. The molecule has 0 atom stereocenters. The Bertz CT molecular complexity index is 518.